The summed E-state index contributed by atoms with van der Waals surface area (Å²) < 4.78 is 0.768. The van der Waals surface area contributed by atoms with Gasteiger partial charge in [-0.25, -0.2) is 0 Å². The van der Waals surface area contributed by atoms with Crippen molar-refractivity contribution in [3.63, 3.8) is 0 Å². The van der Waals surface area contributed by atoms with Gasteiger partial charge in [0.2, 0.25) is 0 Å². The Bertz CT molecular complexity index is 461. The Hall–Kier alpha value is -0.780. The van der Waals surface area contributed by atoms with Crippen LogP contribution in [0.5, 0.6) is 5.75 Å². The van der Waals surface area contributed by atoms with E-state index in [1.807, 2.05) is 27.5 Å². The number of rotatable bonds is 1. The van der Waals surface area contributed by atoms with Gasteiger partial charge in [0.15, 0.2) is 0 Å². The third-order valence-corrected chi connectivity index (χ3v) is 4.51. The first kappa shape index (κ1) is 13.6. The molecule has 0 spiro atoms. The Kier molecular flexibility index (Phi) is 3.84. The predicted molar refractivity (Wildman–Crippen MR) is 79.7 cm³/mol. The average Bonchev–Trinajstić information content (AvgIpc) is 2.32. The Balaban J connectivity index is 2.10. The van der Waals surface area contributed by atoms with Crippen molar-refractivity contribution in [2.45, 2.75) is 26.7 Å². The molecule has 1 amide bonds. The lowest BCUT2D eigenvalue weighted by molar-refractivity contribution is 0.0630. The number of hydrogen-bond donors (Lipinski definition) is 1. The van der Waals surface area contributed by atoms with E-state index in [4.69, 9.17) is 0 Å². The van der Waals surface area contributed by atoms with Gasteiger partial charge in [-0.05, 0) is 59.0 Å². The van der Waals surface area contributed by atoms with Crippen molar-refractivity contribution in [1.29, 1.82) is 0 Å². The fourth-order valence-electron chi connectivity index (χ4n) is 2.14. The lowest BCUT2D eigenvalue weighted by atomic mass is 9.82. The second-order valence-corrected chi connectivity index (χ2v) is 6.78. The summed E-state index contributed by atoms with van der Waals surface area (Å²) in [6.45, 7) is 6.09. The van der Waals surface area contributed by atoms with Gasteiger partial charge in [0.05, 0.1) is 3.57 Å². The Morgan fingerprint density at radius 1 is 1.33 bits per heavy atom. The van der Waals surface area contributed by atoms with Crippen LogP contribution in [0.2, 0.25) is 0 Å². The molecule has 98 valence electrons. The summed E-state index contributed by atoms with van der Waals surface area (Å²) in [5, 5.41) is 9.65. The van der Waals surface area contributed by atoms with Crippen LogP contribution in [0.4, 0.5) is 0 Å². The standard InChI is InChI=1S/C14H18INO2/c1-14(2)5-7-16(8-6-14)13(18)10-3-4-11(15)12(17)9-10/h3-4,9,17H,5-8H2,1-2H3. The normalized spacial score (nSPS) is 18.7. The SMILES string of the molecule is CC1(C)CCN(C(=O)c2ccc(I)c(O)c2)CC1. The van der Waals surface area contributed by atoms with E-state index in [-0.39, 0.29) is 11.7 Å². The molecule has 1 aromatic carbocycles. The van der Waals surface area contributed by atoms with E-state index in [1.54, 1.807) is 18.2 Å². The number of carbonyl (C=O) groups is 1. The number of phenolic OH excluding ortho intramolecular Hbond substituents is 1. The largest absolute Gasteiger partial charge is 0.507 e. The van der Waals surface area contributed by atoms with Crippen LogP contribution >= 0.6 is 22.6 Å². The number of amides is 1. The molecule has 1 aliphatic heterocycles. The van der Waals surface area contributed by atoms with E-state index in [2.05, 4.69) is 13.8 Å². The molecule has 1 fully saturated rings. The number of likely N-dealkylation sites (tertiary alicyclic amines) is 1. The van der Waals surface area contributed by atoms with Gasteiger partial charge in [-0.1, -0.05) is 13.8 Å². The van der Waals surface area contributed by atoms with E-state index in [9.17, 15) is 9.90 Å². The van der Waals surface area contributed by atoms with Gasteiger partial charge in [-0.3, -0.25) is 4.79 Å². The summed E-state index contributed by atoms with van der Waals surface area (Å²) in [6, 6.07) is 5.12. The Morgan fingerprint density at radius 3 is 2.50 bits per heavy atom. The first-order chi connectivity index (χ1) is 8.39. The zero-order chi connectivity index (χ0) is 13.3. The van der Waals surface area contributed by atoms with Crippen LogP contribution in [0, 0.1) is 8.99 Å². The van der Waals surface area contributed by atoms with E-state index < -0.39 is 0 Å². The summed E-state index contributed by atoms with van der Waals surface area (Å²) in [6.07, 6.45) is 2.07. The minimum atomic E-state index is 0.0252. The molecule has 0 bridgehead atoms. The lowest BCUT2D eigenvalue weighted by Gasteiger charge is -2.37. The van der Waals surface area contributed by atoms with Gasteiger partial charge in [-0.15, -0.1) is 0 Å². The number of hydrogen-bond acceptors (Lipinski definition) is 2. The van der Waals surface area contributed by atoms with Crippen molar-refractivity contribution in [3.05, 3.63) is 27.3 Å². The maximum atomic E-state index is 12.3. The molecule has 0 aromatic heterocycles. The molecule has 3 nitrogen and oxygen atoms in total. The van der Waals surface area contributed by atoms with Crippen LogP contribution in [0.25, 0.3) is 0 Å². The third kappa shape index (κ3) is 2.96. The summed E-state index contributed by atoms with van der Waals surface area (Å²) in [7, 11) is 0. The molecule has 4 heteroatoms. The van der Waals surface area contributed by atoms with E-state index in [0.717, 1.165) is 29.5 Å². The average molecular weight is 359 g/mol. The van der Waals surface area contributed by atoms with E-state index in [0.29, 0.717) is 11.0 Å². The highest BCUT2D eigenvalue weighted by molar-refractivity contribution is 14.1. The number of piperidine rings is 1. The van der Waals surface area contributed by atoms with E-state index in [1.165, 1.54) is 0 Å². The van der Waals surface area contributed by atoms with Crippen molar-refractivity contribution in [2.24, 2.45) is 5.41 Å². The smallest absolute Gasteiger partial charge is 0.253 e. The first-order valence-electron chi connectivity index (χ1n) is 6.17. The van der Waals surface area contributed by atoms with Crippen molar-refractivity contribution in [3.8, 4) is 5.75 Å². The molecule has 0 saturated carbocycles. The Morgan fingerprint density at radius 2 is 1.94 bits per heavy atom. The van der Waals surface area contributed by atoms with Crippen LogP contribution in [-0.2, 0) is 0 Å². The van der Waals surface area contributed by atoms with Crippen LogP contribution in [0.3, 0.4) is 0 Å². The molecule has 0 unspecified atom stereocenters. The van der Waals surface area contributed by atoms with Crippen LogP contribution in [-0.4, -0.2) is 29.0 Å². The molecule has 0 atom stereocenters. The highest BCUT2D eigenvalue weighted by atomic mass is 127. The van der Waals surface area contributed by atoms with Gasteiger partial charge in [-0.2, -0.15) is 0 Å². The number of benzene rings is 1. The topological polar surface area (TPSA) is 40.5 Å². The zero-order valence-electron chi connectivity index (χ0n) is 10.7. The summed E-state index contributed by atoms with van der Waals surface area (Å²) >= 11 is 2.05. The van der Waals surface area contributed by atoms with Crippen LogP contribution in [0.15, 0.2) is 18.2 Å². The minimum Gasteiger partial charge on any atom is -0.507 e. The van der Waals surface area contributed by atoms with Crippen molar-refractivity contribution >= 4 is 28.5 Å². The molecule has 1 aliphatic rings. The van der Waals surface area contributed by atoms with Crippen LogP contribution in [0.1, 0.15) is 37.0 Å². The first-order valence-corrected chi connectivity index (χ1v) is 7.25. The third-order valence-electron chi connectivity index (χ3n) is 3.60. The summed E-state index contributed by atoms with van der Waals surface area (Å²) in [5.74, 6) is 0.205. The van der Waals surface area contributed by atoms with Crippen molar-refractivity contribution < 1.29 is 9.90 Å². The van der Waals surface area contributed by atoms with Gasteiger partial charge >= 0.3 is 0 Å². The molecular formula is C14H18INO2. The van der Waals surface area contributed by atoms with Gasteiger partial charge in [0, 0.05) is 18.7 Å². The number of phenols is 1. The minimum absolute atomic E-state index is 0.0252. The number of carbonyl (C=O) groups excluding carboxylic acids is 1. The molecule has 1 N–H and O–H groups in total. The highest BCUT2D eigenvalue weighted by Gasteiger charge is 2.28. The fourth-order valence-corrected chi connectivity index (χ4v) is 2.48. The van der Waals surface area contributed by atoms with Crippen molar-refractivity contribution in [2.75, 3.05) is 13.1 Å². The molecule has 2 rings (SSSR count). The maximum Gasteiger partial charge on any atom is 0.253 e. The summed E-state index contributed by atoms with van der Waals surface area (Å²) in [5.41, 5.74) is 0.915. The number of nitrogens with zero attached hydrogens (tertiary/aromatic N) is 1. The van der Waals surface area contributed by atoms with E-state index >= 15 is 0 Å². The zero-order valence-corrected chi connectivity index (χ0v) is 12.9. The van der Waals surface area contributed by atoms with Crippen molar-refractivity contribution in [1.82, 2.24) is 4.90 Å². The molecule has 0 radical (unpaired) electrons. The Labute approximate surface area is 121 Å². The molecule has 1 saturated heterocycles. The number of halogens is 1. The maximum absolute atomic E-state index is 12.3. The second-order valence-electron chi connectivity index (χ2n) is 5.62. The molecule has 18 heavy (non-hydrogen) atoms. The van der Waals surface area contributed by atoms with Gasteiger partial charge < -0.3 is 10.0 Å². The molecular weight excluding hydrogens is 341 g/mol. The quantitative estimate of drug-likeness (QED) is 0.782. The molecule has 1 heterocycles. The second kappa shape index (κ2) is 5.07. The lowest BCUT2D eigenvalue weighted by Crippen LogP contribution is -2.41. The molecule has 1 aromatic rings. The van der Waals surface area contributed by atoms with Gasteiger partial charge in [0.1, 0.15) is 5.75 Å². The fraction of sp³-hybridized carbons (Fsp3) is 0.500. The predicted octanol–water partition coefficient (Wildman–Crippen LogP) is 3.26. The number of aromatic hydroxyl groups is 1. The molecule has 0 aliphatic carbocycles. The monoisotopic (exact) mass is 359 g/mol. The summed E-state index contributed by atoms with van der Waals surface area (Å²) in [4.78, 5) is 14.2. The van der Waals surface area contributed by atoms with Gasteiger partial charge in [0.25, 0.3) is 5.91 Å². The highest BCUT2D eigenvalue weighted by Crippen LogP contribution is 2.30. The van der Waals surface area contributed by atoms with Crippen LogP contribution < -0.4 is 0 Å².